The van der Waals surface area contributed by atoms with E-state index in [-0.39, 0.29) is 12.5 Å². The Kier molecular flexibility index (Phi) is 3.72. The Balaban J connectivity index is 2.36. The summed E-state index contributed by atoms with van der Waals surface area (Å²) in [7, 11) is 0. The summed E-state index contributed by atoms with van der Waals surface area (Å²) in [5.41, 5.74) is 0. The molecule has 0 bridgehead atoms. The van der Waals surface area contributed by atoms with E-state index in [0.29, 0.717) is 0 Å². The van der Waals surface area contributed by atoms with Crippen LogP contribution in [-0.4, -0.2) is 35.1 Å². The molecule has 0 amide bonds. The minimum Gasteiger partial charge on any atom is -0.481 e. The summed E-state index contributed by atoms with van der Waals surface area (Å²) in [6.45, 7) is 6.37. The number of carboxylic acids is 1. The first-order valence-electron chi connectivity index (χ1n) is 5.05. The van der Waals surface area contributed by atoms with E-state index in [2.05, 4.69) is 11.8 Å². The fraction of sp³-hybridized carbons (Fsp3) is 0.900. The van der Waals surface area contributed by atoms with Gasteiger partial charge in [-0.1, -0.05) is 6.92 Å². The van der Waals surface area contributed by atoms with Crippen molar-refractivity contribution in [1.82, 2.24) is 4.90 Å². The molecular weight excluding hydrogens is 166 g/mol. The number of aliphatic carboxylic acids is 1. The molecule has 0 unspecified atom stereocenters. The Bertz CT molecular complexity index is 182. The second kappa shape index (κ2) is 4.61. The first-order chi connectivity index (χ1) is 6.09. The van der Waals surface area contributed by atoms with Crippen LogP contribution >= 0.6 is 0 Å². The van der Waals surface area contributed by atoms with Gasteiger partial charge in [0.15, 0.2) is 0 Å². The Morgan fingerprint density at radius 2 is 2.38 bits per heavy atom. The second-order valence-electron chi connectivity index (χ2n) is 4.19. The zero-order chi connectivity index (χ0) is 9.84. The van der Waals surface area contributed by atoms with Crippen LogP contribution in [0.2, 0.25) is 0 Å². The Morgan fingerprint density at radius 1 is 1.69 bits per heavy atom. The molecule has 0 aromatic heterocycles. The van der Waals surface area contributed by atoms with Crippen LogP contribution in [0.1, 0.15) is 33.1 Å². The van der Waals surface area contributed by atoms with Gasteiger partial charge >= 0.3 is 5.97 Å². The fourth-order valence-corrected chi connectivity index (χ4v) is 2.01. The van der Waals surface area contributed by atoms with Crippen LogP contribution in [-0.2, 0) is 4.79 Å². The molecule has 3 heteroatoms. The number of carbonyl (C=O) groups is 1. The van der Waals surface area contributed by atoms with Gasteiger partial charge in [-0.15, -0.1) is 0 Å². The third-order valence-electron chi connectivity index (χ3n) is 2.78. The molecule has 1 rings (SSSR count). The maximum atomic E-state index is 10.5. The van der Waals surface area contributed by atoms with Gasteiger partial charge in [0.1, 0.15) is 0 Å². The van der Waals surface area contributed by atoms with Crippen LogP contribution in [0, 0.1) is 5.92 Å². The average Bonchev–Trinajstić information content (AvgIpc) is 2.03. The smallest absolute Gasteiger partial charge is 0.304 e. The monoisotopic (exact) mass is 185 g/mol. The molecule has 1 N–H and O–H groups in total. The molecular formula is C10H19NO2. The van der Waals surface area contributed by atoms with Gasteiger partial charge in [-0.3, -0.25) is 9.69 Å². The zero-order valence-electron chi connectivity index (χ0n) is 8.49. The zero-order valence-corrected chi connectivity index (χ0v) is 8.49. The summed E-state index contributed by atoms with van der Waals surface area (Å²) in [5, 5.41) is 8.65. The summed E-state index contributed by atoms with van der Waals surface area (Å²) in [6, 6.07) is 0.195. The Hall–Kier alpha value is -0.570. The van der Waals surface area contributed by atoms with Crippen molar-refractivity contribution >= 4 is 5.97 Å². The quantitative estimate of drug-likeness (QED) is 0.725. The molecule has 3 nitrogen and oxygen atoms in total. The number of carboxylic acid groups (broad SMARTS) is 1. The summed E-state index contributed by atoms with van der Waals surface area (Å²) in [5.74, 6) is 0.0377. The highest BCUT2D eigenvalue weighted by atomic mass is 16.4. The minimum absolute atomic E-state index is 0.195. The summed E-state index contributed by atoms with van der Waals surface area (Å²) in [4.78, 5) is 12.8. The van der Waals surface area contributed by atoms with E-state index >= 15 is 0 Å². The predicted molar refractivity (Wildman–Crippen MR) is 51.7 cm³/mol. The standard InChI is InChI=1S/C10H19NO2/c1-8-4-3-5-11(7-8)9(2)6-10(12)13/h8-9H,3-7H2,1-2H3,(H,12,13)/t8-,9-/m0/s1. The maximum absolute atomic E-state index is 10.5. The topological polar surface area (TPSA) is 40.5 Å². The SMILES string of the molecule is C[C@H]1CCCN([C@@H](C)CC(=O)O)C1. The van der Waals surface area contributed by atoms with Crippen molar-refractivity contribution < 1.29 is 9.90 Å². The third-order valence-corrected chi connectivity index (χ3v) is 2.78. The Labute approximate surface area is 79.7 Å². The number of nitrogens with zero attached hydrogens (tertiary/aromatic N) is 1. The molecule has 0 aromatic carbocycles. The van der Waals surface area contributed by atoms with E-state index in [0.717, 1.165) is 19.0 Å². The van der Waals surface area contributed by atoms with Crippen molar-refractivity contribution in [3.05, 3.63) is 0 Å². The third kappa shape index (κ3) is 3.35. The number of rotatable bonds is 3. The number of hydrogen-bond acceptors (Lipinski definition) is 2. The van der Waals surface area contributed by atoms with E-state index in [1.165, 1.54) is 12.8 Å². The van der Waals surface area contributed by atoms with Gasteiger partial charge in [-0.2, -0.15) is 0 Å². The van der Waals surface area contributed by atoms with Gasteiger partial charge in [-0.05, 0) is 32.2 Å². The maximum Gasteiger partial charge on any atom is 0.304 e. The molecule has 1 heterocycles. The van der Waals surface area contributed by atoms with E-state index < -0.39 is 5.97 Å². The van der Waals surface area contributed by atoms with Crippen molar-refractivity contribution in [1.29, 1.82) is 0 Å². The van der Waals surface area contributed by atoms with Crippen LogP contribution in [0.5, 0.6) is 0 Å². The first kappa shape index (κ1) is 10.5. The van der Waals surface area contributed by atoms with Gasteiger partial charge in [0.05, 0.1) is 6.42 Å². The van der Waals surface area contributed by atoms with E-state index in [1.807, 2.05) is 6.92 Å². The van der Waals surface area contributed by atoms with Crippen LogP contribution in [0.15, 0.2) is 0 Å². The number of piperidine rings is 1. The molecule has 0 aliphatic carbocycles. The van der Waals surface area contributed by atoms with Gasteiger partial charge in [0.2, 0.25) is 0 Å². The van der Waals surface area contributed by atoms with Gasteiger partial charge in [0.25, 0.3) is 0 Å². The molecule has 0 aromatic rings. The molecule has 0 radical (unpaired) electrons. The fourth-order valence-electron chi connectivity index (χ4n) is 2.01. The van der Waals surface area contributed by atoms with Crippen molar-refractivity contribution in [3.63, 3.8) is 0 Å². The highest BCUT2D eigenvalue weighted by molar-refractivity contribution is 5.67. The normalized spacial score (nSPS) is 27.1. The van der Waals surface area contributed by atoms with E-state index in [4.69, 9.17) is 5.11 Å². The number of likely N-dealkylation sites (tertiary alicyclic amines) is 1. The lowest BCUT2D eigenvalue weighted by Gasteiger charge is -2.34. The van der Waals surface area contributed by atoms with Crippen molar-refractivity contribution in [2.75, 3.05) is 13.1 Å². The van der Waals surface area contributed by atoms with Gasteiger partial charge in [0, 0.05) is 12.6 Å². The summed E-state index contributed by atoms with van der Waals surface area (Å²) >= 11 is 0. The first-order valence-corrected chi connectivity index (χ1v) is 5.05. The molecule has 0 saturated carbocycles. The van der Waals surface area contributed by atoms with Crippen LogP contribution in [0.3, 0.4) is 0 Å². The minimum atomic E-state index is -0.689. The van der Waals surface area contributed by atoms with Crippen LogP contribution in [0.25, 0.3) is 0 Å². The van der Waals surface area contributed by atoms with Gasteiger partial charge in [-0.25, -0.2) is 0 Å². The highest BCUT2D eigenvalue weighted by Gasteiger charge is 2.22. The molecule has 76 valence electrons. The van der Waals surface area contributed by atoms with Gasteiger partial charge < -0.3 is 5.11 Å². The molecule has 13 heavy (non-hydrogen) atoms. The summed E-state index contributed by atoms with van der Waals surface area (Å²) in [6.07, 6.45) is 2.77. The molecule has 1 saturated heterocycles. The molecule has 0 spiro atoms. The second-order valence-corrected chi connectivity index (χ2v) is 4.19. The average molecular weight is 185 g/mol. The van der Waals surface area contributed by atoms with Crippen molar-refractivity contribution in [3.8, 4) is 0 Å². The lowest BCUT2D eigenvalue weighted by molar-refractivity contribution is -0.138. The van der Waals surface area contributed by atoms with Crippen molar-refractivity contribution in [2.45, 2.75) is 39.2 Å². The van der Waals surface area contributed by atoms with Crippen LogP contribution < -0.4 is 0 Å². The molecule has 2 atom stereocenters. The molecule has 1 aliphatic heterocycles. The predicted octanol–water partition coefficient (Wildman–Crippen LogP) is 1.58. The van der Waals surface area contributed by atoms with Crippen LogP contribution in [0.4, 0.5) is 0 Å². The van der Waals surface area contributed by atoms with Crippen molar-refractivity contribution in [2.24, 2.45) is 5.92 Å². The Morgan fingerprint density at radius 3 is 2.92 bits per heavy atom. The number of hydrogen-bond donors (Lipinski definition) is 1. The largest absolute Gasteiger partial charge is 0.481 e. The van der Waals surface area contributed by atoms with E-state index in [9.17, 15) is 4.79 Å². The van der Waals surface area contributed by atoms with E-state index in [1.54, 1.807) is 0 Å². The lowest BCUT2D eigenvalue weighted by atomic mass is 9.98. The lowest BCUT2D eigenvalue weighted by Crippen LogP contribution is -2.41. The summed E-state index contributed by atoms with van der Waals surface area (Å²) < 4.78 is 0. The highest BCUT2D eigenvalue weighted by Crippen LogP contribution is 2.18. The molecule has 1 aliphatic rings. The molecule has 1 fully saturated rings.